The number of para-hydroxylation sites is 1. The fourth-order valence-electron chi connectivity index (χ4n) is 4.20. The second-order valence-corrected chi connectivity index (χ2v) is 7.42. The fourth-order valence-corrected chi connectivity index (χ4v) is 4.20. The summed E-state index contributed by atoms with van der Waals surface area (Å²) in [4.78, 5) is 30.7. The number of H-pyrrole nitrogens is 1. The third-order valence-electron chi connectivity index (χ3n) is 6.15. The molecular formula is C20H22N2O2. The van der Waals surface area contributed by atoms with Gasteiger partial charge in [0.2, 0.25) is 11.8 Å². The van der Waals surface area contributed by atoms with E-state index in [-0.39, 0.29) is 11.8 Å². The molecule has 0 saturated carbocycles. The van der Waals surface area contributed by atoms with Crippen molar-refractivity contribution in [1.82, 2.24) is 9.88 Å². The molecule has 4 heteroatoms. The molecular weight excluding hydrogens is 300 g/mol. The van der Waals surface area contributed by atoms with Crippen LogP contribution in [-0.2, 0) is 16.0 Å². The van der Waals surface area contributed by atoms with Crippen LogP contribution in [0.25, 0.3) is 10.9 Å². The number of carbonyl (C=O) groups is 2. The van der Waals surface area contributed by atoms with Crippen LogP contribution in [0, 0.1) is 10.8 Å². The van der Waals surface area contributed by atoms with E-state index in [1.807, 2.05) is 50.4 Å². The quantitative estimate of drug-likeness (QED) is 0.695. The summed E-state index contributed by atoms with van der Waals surface area (Å²) >= 11 is 0. The first-order valence-electron chi connectivity index (χ1n) is 8.54. The van der Waals surface area contributed by atoms with E-state index in [0.29, 0.717) is 25.8 Å². The third kappa shape index (κ3) is 1.86. The summed E-state index contributed by atoms with van der Waals surface area (Å²) < 4.78 is 0. The number of hydrogen-bond acceptors (Lipinski definition) is 2. The lowest BCUT2D eigenvalue weighted by Gasteiger charge is -2.37. The Kier molecular flexibility index (Phi) is 3.21. The standard InChI is InChI=1S/C20H22N2O2/c1-19-10-5-6-11-20(19,2)18(24)22(17(19)23)12-9-14-13-21-16-8-4-3-7-15(14)16/h3-8,13,21H,9-12H2,1-2H3/t19-,20-/m0/s1. The molecule has 1 N–H and O–H groups in total. The van der Waals surface area contributed by atoms with Crippen LogP contribution in [0.2, 0.25) is 0 Å². The van der Waals surface area contributed by atoms with Crippen LogP contribution in [0.4, 0.5) is 0 Å². The molecule has 1 fully saturated rings. The number of hydrogen-bond donors (Lipinski definition) is 1. The second kappa shape index (κ2) is 5.07. The number of allylic oxidation sites excluding steroid dienone is 2. The predicted molar refractivity (Wildman–Crippen MR) is 93.3 cm³/mol. The highest BCUT2D eigenvalue weighted by atomic mass is 16.2. The number of nitrogens with one attached hydrogen (secondary N) is 1. The largest absolute Gasteiger partial charge is 0.361 e. The van der Waals surface area contributed by atoms with Gasteiger partial charge in [-0.1, -0.05) is 30.4 Å². The van der Waals surface area contributed by atoms with Crippen LogP contribution >= 0.6 is 0 Å². The smallest absolute Gasteiger partial charge is 0.236 e. The van der Waals surface area contributed by atoms with Crippen LogP contribution in [0.5, 0.6) is 0 Å². The second-order valence-electron chi connectivity index (χ2n) is 7.42. The summed E-state index contributed by atoms with van der Waals surface area (Å²) in [7, 11) is 0. The molecule has 1 saturated heterocycles. The summed E-state index contributed by atoms with van der Waals surface area (Å²) in [5, 5.41) is 1.16. The van der Waals surface area contributed by atoms with Crippen LogP contribution in [0.1, 0.15) is 32.3 Å². The molecule has 2 aromatic rings. The molecule has 1 aliphatic carbocycles. The Morgan fingerprint density at radius 2 is 1.67 bits per heavy atom. The molecule has 4 nitrogen and oxygen atoms in total. The van der Waals surface area contributed by atoms with Gasteiger partial charge >= 0.3 is 0 Å². The van der Waals surface area contributed by atoms with Gasteiger partial charge in [0.15, 0.2) is 0 Å². The number of rotatable bonds is 3. The number of benzene rings is 1. The van der Waals surface area contributed by atoms with E-state index >= 15 is 0 Å². The maximum Gasteiger partial charge on any atom is 0.236 e. The van der Waals surface area contributed by atoms with Gasteiger partial charge in [-0.2, -0.15) is 0 Å². The highest BCUT2D eigenvalue weighted by Gasteiger charge is 2.63. The predicted octanol–water partition coefficient (Wildman–Crippen LogP) is 3.44. The molecule has 24 heavy (non-hydrogen) atoms. The topological polar surface area (TPSA) is 53.2 Å². The van der Waals surface area contributed by atoms with E-state index in [2.05, 4.69) is 11.1 Å². The summed E-state index contributed by atoms with van der Waals surface area (Å²) in [5.74, 6) is -0.0293. The molecule has 2 heterocycles. The van der Waals surface area contributed by atoms with Gasteiger partial charge in [0, 0.05) is 23.6 Å². The maximum atomic E-state index is 13.0. The highest BCUT2D eigenvalue weighted by Crippen LogP contribution is 2.54. The van der Waals surface area contributed by atoms with Crippen LogP contribution < -0.4 is 0 Å². The Labute approximate surface area is 141 Å². The summed E-state index contributed by atoms with van der Waals surface area (Å²) in [6, 6.07) is 8.11. The van der Waals surface area contributed by atoms with Gasteiger partial charge < -0.3 is 4.98 Å². The average molecular weight is 322 g/mol. The first kappa shape index (κ1) is 15.2. The molecule has 0 spiro atoms. The lowest BCUT2D eigenvalue weighted by atomic mass is 9.61. The Bertz CT molecular complexity index is 833. The molecule has 0 bridgehead atoms. The number of aromatic amines is 1. The number of nitrogens with zero attached hydrogens (tertiary/aromatic N) is 1. The third-order valence-corrected chi connectivity index (χ3v) is 6.15. The summed E-state index contributed by atoms with van der Waals surface area (Å²) in [6.07, 6.45) is 8.04. The first-order valence-corrected chi connectivity index (χ1v) is 8.54. The van der Waals surface area contributed by atoms with Gasteiger partial charge in [-0.3, -0.25) is 14.5 Å². The zero-order chi connectivity index (χ0) is 16.9. The number of fused-ring (bicyclic) bond motifs is 2. The number of aromatic nitrogens is 1. The van der Waals surface area contributed by atoms with Crippen LogP contribution in [0.3, 0.4) is 0 Å². The normalized spacial score (nSPS) is 29.5. The van der Waals surface area contributed by atoms with Gasteiger partial charge in [0.05, 0.1) is 10.8 Å². The minimum Gasteiger partial charge on any atom is -0.361 e. The van der Waals surface area contributed by atoms with E-state index in [0.717, 1.165) is 16.5 Å². The van der Waals surface area contributed by atoms with Crippen molar-refractivity contribution in [2.45, 2.75) is 33.1 Å². The van der Waals surface area contributed by atoms with Crippen molar-refractivity contribution in [2.24, 2.45) is 10.8 Å². The Hall–Kier alpha value is -2.36. The molecule has 2 aliphatic rings. The summed E-state index contributed by atoms with van der Waals surface area (Å²) in [5.41, 5.74) is 1.04. The molecule has 2 atom stereocenters. The zero-order valence-corrected chi connectivity index (χ0v) is 14.1. The Morgan fingerprint density at radius 1 is 1.04 bits per heavy atom. The summed E-state index contributed by atoms with van der Waals surface area (Å²) in [6.45, 7) is 4.34. The van der Waals surface area contributed by atoms with Gasteiger partial charge in [0.1, 0.15) is 0 Å². The Morgan fingerprint density at radius 3 is 2.33 bits per heavy atom. The molecule has 4 rings (SSSR count). The van der Waals surface area contributed by atoms with E-state index in [4.69, 9.17) is 0 Å². The highest BCUT2D eigenvalue weighted by molar-refractivity contribution is 6.09. The van der Waals surface area contributed by atoms with Gasteiger partial charge in [-0.15, -0.1) is 0 Å². The van der Waals surface area contributed by atoms with Crippen molar-refractivity contribution in [3.63, 3.8) is 0 Å². The monoisotopic (exact) mass is 322 g/mol. The van der Waals surface area contributed by atoms with Crippen molar-refractivity contribution in [2.75, 3.05) is 6.54 Å². The molecule has 0 unspecified atom stereocenters. The van der Waals surface area contributed by atoms with Crippen LogP contribution in [0.15, 0.2) is 42.6 Å². The van der Waals surface area contributed by atoms with Gasteiger partial charge in [-0.25, -0.2) is 0 Å². The number of likely N-dealkylation sites (tertiary alicyclic amines) is 1. The van der Waals surface area contributed by atoms with E-state index in [1.54, 1.807) is 0 Å². The van der Waals surface area contributed by atoms with Gasteiger partial charge in [-0.05, 0) is 44.7 Å². The number of carbonyl (C=O) groups excluding carboxylic acids is 2. The first-order chi connectivity index (χ1) is 11.5. The molecule has 1 aromatic heterocycles. The average Bonchev–Trinajstić information content (AvgIpc) is 3.06. The SMILES string of the molecule is C[C@@]12CC=CC[C@@]1(C)C(=O)N(CCc1c[nH]c3ccccc13)C2=O. The molecule has 1 aliphatic heterocycles. The lowest BCUT2D eigenvalue weighted by molar-refractivity contribution is -0.141. The van der Waals surface area contributed by atoms with Crippen molar-refractivity contribution in [3.05, 3.63) is 48.2 Å². The van der Waals surface area contributed by atoms with Crippen molar-refractivity contribution < 1.29 is 9.59 Å². The van der Waals surface area contributed by atoms with E-state index in [1.165, 1.54) is 4.90 Å². The van der Waals surface area contributed by atoms with Crippen LogP contribution in [-0.4, -0.2) is 28.2 Å². The number of imide groups is 1. The minimum absolute atomic E-state index is 0.0146. The molecule has 1 aromatic carbocycles. The lowest BCUT2D eigenvalue weighted by Crippen LogP contribution is -2.41. The maximum absolute atomic E-state index is 13.0. The number of amides is 2. The van der Waals surface area contributed by atoms with E-state index in [9.17, 15) is 9.59 Å². The Balaban J connectivity index is 1.59. The van der Waals surface area contributed by atoms with Crippen molar-refractivity contribution >= 4 is 22.7 Å². The molecule has 0 radical (unpaired) electrons. The van der Waals surface area contributed by atoms with E-state index < -0.39 is 10.8 Å². The van der Waals surface area contributed by atoms with Crippen molar-refractivity contribution in [3.8, 4) is 0 Å². The zero-order valence-electron chi connectivity index (χ0n) is 14.1. The molecule has 124 valence electrons. The minimum atomic E-state index is -0.598. The van der Waals surface area contributed by atoms with Crippen molar-refractivity contribution in [1.29, 1.82) is 0 Å². The fraction of sp³-hybridized carbons (Fsp3) is 0.400. The molecule has 2 amide bonds. The van der Waals surface area contributed by atoms with Gasteiger partial charge in [0.25, 0.3) is 0 Å².